The Bertz CT molecular complexity index is 889. The fraction of sp³-hybridized carbons (Fsp3) is 0.294. The van der Waals surface area contributed by atoms with Crippen LogP contribution in [0.2, 0.25) is 0 Å². The van der Waals surface area contributed by atoms with Crippen LogP contribution in [-0.2, 0) is 4.79 Å². The van der Waals surface area contributed by atoms with Gasteiger partial charge in [0.1, 0.15) is 17.9 Å². The van der Waals surface area contributed by atoms with Crippen LogP contribution in [0.1, 0.15) is 19.9 Å². The van der Waals surface area contributed by atoms with Crippen LogP contribution in [0.5, 0.6) is 5.75 Å². The van der Waals surface area contributed by atoms with Crippen molar-refractivity contribution in [2.45, 2.75) is 25.0 Å². The van der Waals surface area contributed by atoms with Gasteiger partial charge in [-0.1, -0.05) is 23.9 Å². The molecule has 2 heterocycles. The van der Waals surface area contributed by atoms with Crippen molar-refractivity contribution in [2.24, 2.45) is 0 Å². The number of nitrogens with one attached hydrogen (secondary N) is 1. The van der Waals surface area contributed by atoms with Gasteiger partial charge >= 0.3 is 0 Å². The average molecular weight is 372 g/mol. The lowest BCUT2D eigenvalue weighted by molar-refractivity contribution is -0.113. The first-order chi connectivity index (χ1) is 12.6. The first-order valence-corrected chi connectivity index (χ1v) is 9.08. The second-order valence-electron chi connectivity index (χ2n) is 5.75. The number of para-hydroxylation sites is 2. The molecule has 0 atom stereocenters. The third kappa shape index (κ3) is 3.88. The van der Waals surface area contributed by atoms with Gasteiger partial charge in [0.15, 0.2) is 5.16 Å². The van der Waals surface area contributed by atoms with Crippen molar-refractivity contribution < 1.29 is 9.53 Å². The van der Waals surface area contributed by atoms with E-state index >= 15 is 0 Å². The van der Waals surface area contributed by atoms with Crippen LogP contribution in [-0.4, -0.2) is 43.3 Å². The highest BCUT2D eigenvalue weighted by Gasteiger charge is 2.14. The highest BCUT2D eigenvalue weighted by molar-refractivity contribution is 7.99. The Hall–Kier alpha value is -2.81. The molecule has 0 saturated carbocycles. The number of rotatable bonds is 7. The van der Waals surface area contributed by atoms with E-state index < -0.39 is 0 Å². The van der Waals surface area contributed by atoms with Crippen LogP contribution in [0.15, 0.2) is 48.0 Å². The van der Waals surface area contributed by atoms with Crippen molar-refractivity contribution in [2.75, 3.05) is 18.2 Å². The quantitative estimate of drug-likeness (QED) is 0.642. The van der Waals surface area contributed by atoms with Crippen LogP contribution in [0.3, 0.4) is 0 Å². The highest BCUT2D eigenvalue weighted by Crippen LogP contribution is 2.26. The van der Waals surface area contributed by atoms with E-state index in [0.29, 0.717) is 16.7 Å². The van der Waals surface area contributed by atoms with Gasteiger partial charge in [-0.15, -0.1) is 10.2 Å². The monoisotopic (exact) mass is 372 g/mol. The zero-order chi connectivity index (χ0) is 18.5. The summed E-state index contributed by atoms with van der Waals surface area (Å²) in [7, 11) is 1.61. The first kappa shape index (κ1) is 18.0. The summed E-state index contributed by atoms with van der Waals surface area (Å²) >= 11 is 1.30. The number of methoxy groups -OCH3 is 1. The van der Waals surface area contributed by atoms with E-state index in [2.05, 4.69) is 20.6 Å². The van der Waals surface area contributed by atoms with E-state index in [1.54, 1.807) is 34.9 Å². The Labute approximate surface area is 155 Å². The molecule has 0 unspecified atom stereocenters. The zero-order valence-corrected chi connectivity index (χ0v) is 15.6. The third-order valence-corrected chi connectivity index (χ3v) is 4.56. The Morgan fingerprint density at radius 2 is 2.12 bits per heavy atom. The molecule has 9 heteroatoms. The molecule has 136 valence electrons. The molecule has 0 aliphatic heterocycles. The van der Waals surface area contributed by atoms with E-state index in [0.717, 1.165) is 5.69 Å². The molecule has 0 aliphatic carbocycles. The normalized spacial score (nSPS) is 10.9. The van der Waals surface area contributed by atoms with Gasteiger partial charge in [-0.3, -0.25) is 9.36 Å². The molecule has 1 N–H and O–H groups in total. The number of amides is 1. The van der Waals surface area contributed by atoms with Crippen LogP contribution in [0.25, 0.3) is 5.69 Å². The predicted octanol–water partition coefficient (Wildman–Crippen LogP) is 2.78. The van der Waals surface area contributed by atoms with Crippen LogP contribution in [0, 0.1) is 0 Å². The van der Waals surface area contributed by atoms with Crippen molar-refractivity contribution >= 4 is 23.5 Å². The number of nitrogens with zero attached hydrogens (tertiary/aromatic N) is 5. The summed E-state index contributed by atoms with van der Waals surface area (Å²) in [5.41, 5.74) is 0.820. The number of hydrogen-bond donors (Lipinski definition) is 1. The molecule has 8 nitrogen and oxygen atoms in total. The number of anilines is 1. The van der Waals surface area contributed by atoms with E-state index in [1.165, 1.54) is 11.8 Å². The molecular weight excluding hydrogens is 352 g/mol. The van der Waals surface area contributed by atoms with Gasteiger partial charge in [0.25, 0.3) is 0 Å². The average Bonchev–Trinajstić information content (AvgIpc) is 3.29. The van der Waals surface area contributed by atoms with Crippen molar-refractivity contribution in [1.82, 2.24) is 24.5 Å². The minimum absolute atomic E-state index is 0.132. The number of aromatic nitrogens is 5. The number of thioether (sulfide) groups is 1. The van der Waals surface area contributed by atoms with Crippen LogP contribution in [0.4, 0.5) is 5.82 Å². The topological polar surface area (TPSA) is 86.9 Å². The molecule has 0 radical (unpaired) electrons. The summed E-state index contributed by atoms with van der Waals surface area (Å²) in [4.78, 5) is 12.3. The fourth-order valence-corrected chi connectivity index (χ4v) is 3.17. The van der Waals surface area contributed by atoms with Crippen molar-refractivity contribution in [1.29, 1.82) is 0 Å². The molecule has 3 rings (SSSR count). The lowest BCUT2D eigenvalue weighted by Gasteiger charge is -2.12. The second kappa shape index (κ2) is 8.05. The lowest BCUT2D eigenvalue weighted by Crippen LogP contribution is -2.18. The second-order valence-corrected chi connectivity index (χ2v) is 6.69. The lowest BCUT2D eigenvalue weighted by atomic mass is 10.3. The number of hydrogen-bond acceptors (Lipinski definition) is 6. The largest absolute Gasteiger partial charge is 0.495 e. The maximum atomic E-state index is 12.3. The summed E-state index contributed by atoms with van der Waals surface area (Å²) in [6.45, 7) is 4.01. The SMILES string of the molecule is COc1ccccc1-n1cnnc1SCC(=O)Nc1ccnn1C(C)C. The highest BCUT2D eigenvalue weighted by atomic mass is 32.2. The Kier molecular flexibility index (Phi) is 5.57. The standard InChI is InChI=1S/C17H20N6O2S/c1-12(2)23-15(8-9-19-23)20-16(24)10-26-17-21-18-11-22(17)13-6-4-5-7-14(13)25-3/h4-9,11-12H,10H2,1-3H3,(H,20,24). The molecule has 1 amide bonds. The third-order valence-electron chi connectivity index (χ3n) is 3.62. The summed E-state index contributed by atoms with van der Waals surface area (Å²) in [5, 5.41) is 15.8. The van der Waals surface area contributed by atoms with Crippen molar-refractivity contribution in [3.8, 4) is 11.4 Å². The molecular formula is C17H20N6O2S. The number of benzene rings is 1. The summed E-state index contributed by atoms with van der Waals surface area (Å²) < 4.78 is 8.95. The van der Waals surface area contributed by atoms with E-state index in [-0.39, 0.29) is 17.7 Å². The summed E-state index contributed by atoms with van der Waals surface area (Å²) in [6, 6.07) is 9.52. The first-order valence-electron chi connectivity index (χ1n) is 8.09. The predicted molar refractivity (Wildman–Crippen MR) is 99.9 cm³/mol. The van der Waals surface area contributed by atoms with E-state index in [4.69, 9.17) is 4.74 Å². The zero-order valence-electron chi connectivity index (χ0n) is 14.8. The van der Waals surface area contributed by atoms with Gasteiger partial charge in [0.2, 0.25) is 5.91 Å². The summed E-state index contributed by atoms with van der Waals surface area (Å²) in [6.07, 6.45) is 3.27. The molecule has 0 bridgehead atoms. The molecule has 1 aromatic carbocycles. The molecule has 3 aromatic rings. The van der Waals surface area contributed by atoms with Crippen LogP contribution >= 0.6 is 11.8 Å². The summed E-state index contributed by atoms with van der Waals surface area (Å²) in [5.74, 6) is 1.46. The molecule has 26 heavy (non-hydrogen) atoms. The number of carbonyl (C=O) groups excluding carboxylic acids is 1. The van der Waals surface area contributed by atoms with Gasteiger partial charge in [0.05, 0.1) is 24.7 Å². The molecule has 2 aromatic heterocycles. The van der Waals surface area contributed by atoms with Gasteiger partial charge in [-0.25, -0.2) is 4.68 Å². The minimum Gasteiger partial charge on any atom is -0.495 e. The van der Waals surface area contributed by atoms with Gasteiger partial charge in [-0.05, 0) is 26.0 Å². The Morgan fingerprint density at radius 3 is 2.88 bits per heavy atom. The van der Waals surface area contributed by atoms with Crippen LogP contribution < -0.4 is 10.1 Å². The van der Waals surface area contributed by atoms with E-state index in [9.17, 15) is 4.79 Å². The van der Waals surface area contributed by atoms with Gasteiger partial charge in [-0.2, -0.15) is 5.10 Å². The number of ether oxygens (including phenoxy) is 1. The molecule has 0 saturated heterocycles. The minimum atomic E-state index is -0.132. The van der Waals surface area contributed by atoms with Gasteiger partial charge in [0, 0.05) is 12.1 Å². The Balaban J connectivity index is 1.68. The fourth-order valence-electron chi connectivity index (χ4n) is 2.45. The number of carbonyl (C=O) groups is 1. The maximum Gasteiger partial charge on any atom is 0.235 e. The Morgan fingerprint density at radius 1 is 1.31 bits per heavy atom. The molecule has 0 aliphatic rings. The molecule has 0 fully saturated rings. The van der Waals surface area contributed by atoms with Crippen molar-refractivity contribution in [3.63, 3.8) is 0 Å². The van der Waals surface area contributed by atoms with E-state index in [1.807, 2.05) is 38.1 Å². The molecule has 0 spiro atoms. The van der Waals surface area contributed by atoms with Crippen molar-refractivity contribution in [3.05, 3.63) is 42.9 Å². The smallest absolute Gasteiger partial charge is 0.235 e. The maximum absolute atomic E-state index is 12.3. The van der Waals surface area contributed by atoms with Gasteiger partial charge < -0.3 is 10.1 Å².